The van der Waals surface area contributed by atoms with Crippen molar-refractivity contribution in [3.63, 3.8) is 0 Å². The van der Waals surface area contributed by atoms with E-state index in [9.17, 15) is 48.9 Å². The van der Waals surface area contributed by atoms with Gasteiger partial charge in [0, 0.05) is 25.8 Å². The van der Waals surface area contributed by atoms with Gasteiger partial charge in [-0.3, -0.25) is 28.8 Å². The Morgan fingerprint density at radius 2 is 1.19 bits per heavy atom. The number of nitrogens with two attached hydrogens (primary N) is 1. The highest BCUT2D eigenvalue weighted by Gasteiger charge is 2.40. The Morgan fingerprint density at radius 3 is 1.70 bits per heavy atom. The molecule has 1 heterocycles. The summed E-state index contributed by atoms with van der Waals surface area (Å²) in [6, 6.07) is 18.4. The highest BCUT2D eigenvalue weighted by molar-refractivity contribution is 5.97. The second-order valence-corrected chi connectivity index (χ2v) is 14.0. The van der Waals surface area contributed by atoms with Crippen molar-refractivity contribution in [2.75, 3.05) is 6.54 Å². The Labute approximate surface area is 330 Å². The average Bonchev–Trinajstić information content (AvgIpc) is 3.69. The minimum absolute atomic E-state index is 0.00547. The van der Waals surface area contributed by atoms with Crippen molar-refractivity contribution < 1.29 is 48.9 Å². The van der Waals surface area contributed by atoms with E-state index >= 15 is 0 Å². The van der Waals surface area contributed by atoms with Crippen molar-refractivity contribution in [2.45, 2.75) is 94.2 Å². The maximum atomic E-state index is 14.1. The van der Waals surface area contributed by atoms with Gasteiger partial charge in [-0.05, 0) is 49.3 Å². The molecule has 0 saturated carbocycles. The molecule has 57 heavy (non-hydrogen) atoms. The first kappa shape index (κ1) is 43.6. The SMILES string of the molecule is C[C@@H](O)[C@H](NC(=O)[C@@H](N)Cc1ccccc1)C(=O)N[C@@H](Cc1ccccc1)C(=O)N[C@@H](CCC(=O)O)C(=O)N1CCC[C@H]1C(=O)N[C@@H](Cc1ccccc1)C(=O)O. The second kappa shape index (κ2) is 21.2. The van der Waals surface area contributed by atoms with Crippen LogP contribution in [0.3, 0.4) is 0 Å². The molecule has 1 aliphatic heterocycles. The number of aliphatic hydroxyl groups excluding tert-OH is 1. The Balaban J connectivity index is 1.51. The largest absolute Gasteiger partial charge is 0.481 e. The van der Waals surface area contributed by atoms with E-state index in [1.807, 2.05) is 6.07 Å². The molecule has 1 aliphatic rings. The van der Waals surface area contributed by atoms with Gasteiger partial charge >= 0.3 is 11.9 Å². The Bertz CT molecular complexity index is 1850. The van der Waals surface area contributed by atoms with Crippen LogP contribution < -0.4 is 27.0 Å². The number of carbonyl (C=O) groups excluding carboxylic acids is 5. The molecule has 1 fully saturated rings. The first-order valence-electron chi connectivity index (χ1n) is 18.8. The van der Waals surface area contributed by atoms with Crippen LogP contribution in [0.4, 0.5) is 0 Å². The van der Waals surface area contributed by atoms with Gasteiger partial charge in [-0.15, -0.1) is 0 Å². The van der Waals surface area contributed by atoms with E-state index in [1.54, 1.807) is 84.9 Å². The summed E-state index contributed by atoms with van der Waals surface area (Å²) in [7, 11) is 0. The molecule has 0 radical (unpaired) electrons. The average molecular weight is 787 g/mol. The van der Waals surface area contributed by atoms with Gasteiger partial charge in [-0.1, -0.05) is 91.0 Å². The smallest absolute Gasteiger partial charge is 0.326 e. The van der Waals surface area contributed by atoms with Crippen LogP contribution >= 0.6 is 0 Å². The van der Waals surface area contributed by atoms with Crippen LogP contribution in [0.2, 0.25) is 0 Å². The van der Waals surface area contributed by atoms with Gasteiger partial charge in [0.15, 0.2) is 0 Å². The number of carboxylic acid groups (broad SMARTS) is 2. The lowest BCUT2D eigenvalue weighted by molar-refractivity contribution is -0.145. The Morgan fingerprint density at radius 1 is 0.684 bits per heavy atom. The zero-order valence-electron chi connectivity index (χ0n) is 31.6. The van der Waals surface area contributed by atoms with Crippen LogP contribution in [0.15, 0.2) is 91.0 Å². The van der Waals surface area contributed by atoms with E-state index in [1.165, 1.54) is 11.8 Å². The number of nitrogens with one attached hydrogen (secondary N) is 4. The van der Waals surface area contributed by atoms with Crippen LogP contribution in [0.5, 0.6) is 0 Å². The summed E-state index contributed by atoms with van der Waals surface area (Å²) < 4.78 is 0. The molecule has 0 spiro atoms. The third kappa shape index (κ3) is 13.2. The number of amides is 5. The molecule has 0 aliphatic carbocycles. The number of hydrogen-bond acceptors (Lipinski definition) is 9. The molecule has 304 valence electrons. The fourth-order valence-electron chi connectivity index (χ4n) is 6.57. The molecule has 4 rings (SSSR count). The van der Waals surface area contributed by atoms with Crippen LogP contribution in [0, 0.1) is 0 Å². The number of carboxylic acids is 2. The van der Waals surface area contributed by atoms with Crippen LogP contribution in [0.1, 0.15) is 49.3 Å². The summed E-state index contributed by atoms with van der Waals surface area (Å²) in [6.45, 7) is 1.36. The number of carbonyl (C=O) groups is 7. The molecular weight excluding hydrogens is 736 g/mol. The molecule has 0 unspecified atom stereocenters. The van der Waals surface area contributed by atoms with Crippen molar-refractivity contribution in [3.8, 4) is 0 Å². The third-order valence-electron chi connectivity index (χ3n) is 9.61. The van der Waals surface area contributed by atoms with Gasteiger partial charge in [-0.2, -0.15) is 0 Å². The fraction of sp³-hybridized carbons (Fsp3) is 0.390. The fourth-order valence-corrected chi connectivity index (χ4v) is 6.57. The zero-order chi connectivity index (χ0) is 41.5. The van der Waals surface area contributed by atoms with E-state index in [0.717, 1.165) is 5.56 Å². The van der Waals surface area contributed by atoms with E-state index in [4.69, 9.17) is 5.73 Å². The Hall–Kier alpha value is -6.13. The van der Waals surface area contributed by atoms with Crippen molar-refractivity contribution in [1.82, 2.24) is 26.2 Å². The lowest BCUT2D eigenvalue weighted by atomic mass is 10.0. The molecular formula is C41H50N6O10. The number of rotatable bonds is 20. The Kier molecular flexibility index (Phi) is 16.3. The van der Waals surface area contributed by atoms with E-state index in [2.05, 4.69) is 21.3 Å². The van der Waals surface area contributed by atoms with Gasteiger partial charge in [0.1, 0.15) is 30.2 Å². The van der Waals surface area contributed by atoms with Crippen LogP contribution in [0.25, 0.3) is 0 Å². The molecule has 9 N–H and O–H groups in total. The summed E-state index contributed by atoms with van der Waals surface area (Å²) in [6.07, 6.45) is -1.69. The number of benzene rings is 3. The third-order valence-corrected chi connectivity index (χ3v) is 9.61. The lowest BCUT2D eigenvalue weighted by Gasteiger charge is -2.31. The first-order valence-corrected chi connectivity index (χ1v) is 18.8. The number of aliphatic hydroxyl groups is 1. The number of nitrogens with zero attached hydrogens (tertiary/aromatic N) is 1. The monoisotopic (exact) mass is 786 g/mol. The van der Waals surface area contributed by atoms with Crippen molar-refractivity contribution in [2.24, 2.45) is 5.73 Å². The molecule has 0 bridgehead atoms. The summed E-state index contributed by atoms with van der Waals surface area (Å²) in [5.41, 5.74) is 8.17. The maximum absolute atomic E-state index is 14.1. The first-order chi connectivity index (χ1) is 27.2. The van der Waals surface area contributed by atoms with Crippen molar-refractivity contribution in [1.29, 1.82) is 0 Å². The number of hydrogen-bond donors (Lipinski definition) is 8. The molecule has 16 nitrogen and oxygen atoms in total. The van der Waals surface area contributed by atoms with Crippen molar-refractivity contribution in [3.05, 3.63) is 108 Å². The topological polar surface area (TPSA) is 258 Å². The van der Waals surface area contributed by atoms with E-state index < -0.39 is 90.3 Å². The minimum Gasteiger partial charge on any atom is -0.481 e. The van der Waals surface area contributed by atoms with Gasteiger partial charge in [0.2, 0.25) is 29.5 Å². The second-order valence-electron chi connectivity index (χ2n) is 14.0. The van der Waals surface area contributed by atoms with Gasteiger partial charge in [-0.25, -0.2) is 4.79 Å². The minimum atomic E-state index is -1.53. The number of likely N-dealkylation sites (tertiary alicyclic amines) is 1. The molecule has 7 atom stereocenters. The molecule has 16 heteroatoms. The summed E-state index contributed by atoms with van der Waals surface area (Å²) in [5, 5.41) is 40.0. The molecule has 3 aromatic carbocycles. The van der Waals surface area contributed by atoms with Gasteiger partial charge in [0.25, 0.3) is 0 Å². The van der Waals surface area contributed by atoms with Gasteiger partial charge < -0.3 is 47.2 Å². The normalized spacial score (nSPS) is 16.8. The van der Waals surface area contributed by atoms with Crippen molar-refractivity contribution >= 4 is 41.5 Å². The quantitative estimate of drug-likeness (QED) is 0.0773. The molecule has 3 aromatic rings. The predicted octanol–water partition coefficient (Wildman–Crippen LogP) is 0.302. The highest BCUT2D eigenvalue weighted by Crippen LogP contribution is 2.21. The predicted molar refractivity (Wildman–Crippen MR) is 207 cm³/mol. The van der Waals surface area contributed by atoms with E-state index in [-0.39, 0.29) is 38.6 Å². The number of aliphatic carboxylic acids is 2. The maximum Gasteiger partial charge on any atom is 0.326 e. The summed E-state index contributed by atoms with van der Waals surface area (Å²) in [5.74, 6) is -6.51. The standard InChI is InChI=1S/C41H50N6O10/c1-25(48)35(46-36(51)29(42)22-26-12-5-2-6-13-26)39(54)44-31(23-27-14-7-3-8-15-27)37(52)43-30(19-20-34(49)50)40(55)47-21-11-18-33(47)38(53)45-32(41(56)57)24-28-16-9-4-10-17-28/h2-10,12-17,25,29-33,35,48H,11,18-24,42H2,1H3,(H,43,52)(H,44,54)(H,45,53)(H,46,51)(H,49,50)(H,56,57)/t25-,29+,30+,31+,32+,33+,35+/m1/s1. The lowest BCUT2D eigenvalue weighted by Crippen LogP contribution is -2.61. The summed E-state index contributed by atoms with van der Waals surface area (Å²) >= 11 is 0. The zero-order valence-corrected chi connectivity index (χ0v) is 31.6. The highest BCUT2D eigenvalue weighted by atomic mass is 16.4. The molecule has 0 aromatic heterocycles. The van der Waals surface area contributed by atoms with Crippen LogP contribution in [-0.4, -0.2) is 111 Å². The summed E-state index contributed by atoms with van der Waals surface area (Å²) in [4.78, 5) is 93.3. The van der Waals surface area contributed by atoms with Gasteiger partial charge in [0.05, 0.1) is 12.1 Å². The molecule has 5 amide bonds. The van der Waals surface area contributed by atoms with E-state index in [0.29, 0.717) is 17.5 Å². The molecule has 1 saturated heterocycles. The van der Waals surface area contributed by atoms with Crippen LogP contribution in [-0.2, 0) is 52.8 Å².